The number of rotatable bonds is 7. The first-order valence-corrected chi connectivity index (χ1v) is 12.9. The second kappa shape index (κ2) is 13.1. The maximum Gasteiger partial charge on any atom is 0.414 e. The van der Waals surface area contributed by atoms with Gasteiger partial charge in [0.05, 0.1) is 12.8 Å². The van der Waals surface area contributed by atoms with Crippen LogP contribution in [0.2, 0.25) is 0 Å². The zero-order valence-corrected chi connectivity index (χ0v) is 24.8. The van der Waals surface area contributed by atoms with Crippen LogP contribution in [0.5, 0.6) is 5.75 Å². The minimum atomic E-state index is -0.758. The molecule has 0 aliphatic heterocycles. The van der Waals surface area contributed by atoms with Gasteiger partial charge in [-0.3, -0.25) is 19.1 Å². The van der Waals surface area contributed by atoms with E-state index >= 15 is 0 Å². The van der Waals surface area contributed by atoms with E-state index in [-0.39, 0.29) is 40.0 Å². The topological polar surface area (TPSA) is 174 Å². The number of hydrogen-bond donors (Lipinski definition) is 3. The third-order valence-corrected chi connectivity index (χ3v) is 5.48. The SMILES string of the molecule is CO.COc1cccnc1-n1cccc(Nc2cc(N(C)C(=O)OC(C)(C)C)c3noc(C(=O)NC(C)C)c3n2)c1=O. The summed E-state index contributed by atoms with van der Waals surface area (Å²) in [6.45, 7) is 8.84. The summed E-state index contributed by atoms with van der Waals surface area (Å²) in [5.41, 5.74) is -0.541. The van der Waals surface area contributed by atoms with E-state index in [0.29, 0.717) is 11.6 Å². The smallest absolute Gasteiger partial charge is 0.414 e. The zero-order valence-electron chi connectivity index (χ0n) is 24.8. The van der Waals surface area contributed by atoms with Gasteiger partial charge in [-0.25, -0.2) is 14.8 Å². The lowest BCUT2D eigenvalue weighted by molar-refractivity contribution is 0.0589. The quantitative estimate of drug-likeness (QED) is 0.291. The second-order valence-electron chi connectivity index (χ2n) is 10.2. The minimum absolute atomic E-state index is 0.0937. The van der Waals surface area contributed by atoms with Crippen LogP contribution < -0.4 is 25.8 Å². The summed E-state index contributed by atoms with van der Waals surface area (Å²) in [6, 6.07) is 7.95. The fourth-order valence-electron chi connectivity index (χ4n) is 3.75. The van der Waals surface area contributed by atoms with Gasteiger partial charge in [0.15, 0.2) is 17.1 Å². The van der Waals surface area contributed by atoms with Crippen molar-refractivity contribution in [3.05, 3.63) is 58.8 Å². The lowest BCUT2D eigenvalue weighted by Gasteiger charge is -2.25. The van der Waals surface area contributed by atoms with Gasteiger partial charge in [0, 0.05) is 38.7 Å². The second-order valence-corrected chi connectivity index (χ2v) is 10.2. The predicted octanol–water partition coefficient (Wildman–Crippen LogP) is 3.64. The van der Waals surface area contributed by atoms with E-state index in [0.717, 1.165) is 7.11 Å². The number of pyridine rings is 3. The number of carbonyl (C=O) groups is 2. The summed E-state index contributed by atoms with van der Waals surface area (Å²) in [4.78, 5) is 49.2. The lowest BCUT2D eigenvalue weighted by Crippen LogP contribution is -2.34. The van der Waals surface area contributed by atoms with E-state index in [1.165, 1.54) is 29.7 Å². The highest BCUT2D eigenvalue weighted by Crippen LogP contribution is 2.31. The fourth-order valence-corrected chi connectivity index (χ4v) is 3.75. The number of amides is 2. The largest absolute Gasteiger partial charge is 0.493 e. The van der Waals surface area contributed by atoms with Crippen LogP contribution >= 0.6 is 0 Å². The number of ether oxygens (including phenoxy) is 2. The minimum Gasteiger partial charge on any atom is -0.493 e. The average Bonchev–Trinajstić information content (AvgIpc) is 3.37. The molecule has 224 valence electrons. The van der Waals surface area contributed by atoms with Crippen LogP contribution in [0, 0.1) is 0 Å². The molecule has 0 aliphatic rings. The van der Waals surface area contributed by atoms with Gasteiger partial charge in [-0.15, -0.1) is 0 Å². The van der Waals surface area contributed by atoms with Crippen molar-refractivity contribution in [2.45, 2.75) is 46.3 Å². The van der Waals surface area contributed by atoms with Crippen molar-refractivity contribution in [2.75, 3.05) is 31.5 Å². The molecular weight excluding hydrogens is 546 g/mol. The van der Waals surface area contributed by atoms with E-state index in [4.69, 9.17) is 19.1 Å². The summed E-state index contributed by atoms with van der Waals surface area (Å²) >= 11 is 0. The molecule has 42 heavy (non-hydrogen) atoms. The monoisotopic (exact) mass is 581 g/mol. The van der Waals surface area contributed by atoms with Gasteiger partial charge in [-0.1, -0.05) is 5.16 Å². The van der Waals surface area contributed by atoms with Crippen molar-refractivity contribution in [3.63, 3.8) is 0 Å². The van der Waals surface area contributed by atoms with Crippen LogP contribution in [-0.4, -0.2) is 69.7 Å². The molecule has 4 rings (SSSR count). The first kappa shape index (κ1) is 31.5. The molecule has 4 aromatic rings. The van der Waals surface area contributed by atoms with Gasteiger partial charge in [-0.05, 0) is 58.9 Å². The molecule has 3 N–H and O–H groups in total. The lowest BCUT2D eigenvalue weighted by atomic mass is 10.2. The number of nitrogens with one attached hydrogen (secondary N) is 2. The Labute approximate surface area is 242 Å². The summed E-state index contributed by atoms with van der Waals surface area (Å²) in [6.07, 6.45) is 2.45. The van der Waals surface area contributed by atoms with Gasteiger partial charge in [-0.2, -0.15) is 0 Å². The Hall–Kier alpha value is -4.98. The van der Waals surface area contributed by atoms with E-state index in [9.17, 15) is 14.4 Å². The van der Waals surface area contributed by atoms with Crippen molar-refractivity contribution in [2.24, 2.45) is 0 Å². The van der Waals surface area contributed by atoms with Crippen molar-refractivity contribution in [3.8, 4) is 11.6 Å². The van der Waals surface area contributed by atoms with Crippen LogP contribution in [0.25, 0.3) is 16.9 Å². The van der Waals surface area contributed by atoms with Crippen LogP contribution in [-0.2, 0) is 4.74 Å². The van der Waals surface area contributed by atoms with E-state index in [1.807, 2.05) is 0 Å². The van der Waals surface area contributed by atoms with Gasteiger partial charge in [0.1, 0.15) is 22.6 Å². The van der Waals surface area contributed by atoms with Crippen molar-refractivity contribution < 1.29 is 28.7 Å². The Morgan fingerprint density at radius 3 is 2.50 bits per heavy atom. The average molecular weight is 582 g/mol. The third kappa shape index (κ3) is 7.01. The van der Waals surface area contributed by atoms with Crippen LogP contribution in [0.4, 0.5) is 22.0 Å². The third-order valence-electron chi connectivity index (χ3n) is 5.48. The van der Waals surface area contributed by atoms with E-state index in [2.05, 4.69) is 25.8 Å². The molecular formula is C28H35N7O7. The number of carbonyl (C=O) groups excluding carboxylic acids is 2. The van der Waals surface area contributed by atoms with E-state index in [1.54, 1.807) is 71.3 Å². The highest BCUT2D eigenvalue weighted by atomic mass is 16.6. The normalized spacial score (nSPS) is 11.0. The highest BCUT2D eigenvalue weighted by molar-refractivity contribution is 6.07. The molecule has 0 saturated heterocycles. The molecule has 0 saturated carbocycles. The summed E-state index contributed by atoms with van der Waals surface area (Å²) in [5.74, 6) is 0.196. The number of hydrogen-bond acceptors (Lipinski definition) is 11. The summed E-state index contributed by atoms with van der Waals surface area (Å²) in [7, 11) is 3.99. The Balaban J connectivity index is 0.00000237. The van der Waals surface area contributed by atoms with Crippen LogP contribution in [0.1, 0.15) is 45.2 Å². The zero-order chi connectivity index (χ0) is 31.2. The molecule has 0 aliphatic carbocycles. The van der Waals surface area contributed by atoms with Crippen molar-refractivity contribution in [1.82, 2.24) is 25.0 Å². The number of nitrogens with zero attached hydrogens (tertiary/aromatic N) is 5. The first-order valence-electron chi connectivity index (χ1n) is 12.9. The fraction of sp³-hybridized carbons (Fsp3) is 0.357. The maximum absolute atomic E-state index is 13.4. The molecule has 0 atom stereocenters. The van der Waals surface area contributed by atoms with Crippen LogP contribution in [0.3, 0.4) is 0 Å². The van der Waals surface area contributed by atoms with Gasteiger partial charge >= 0.3 is 6.09 Å². The molecule has 0 radical (unpaired) electrons. The Bertz CT molecular complexity index is 1620. The van der Waals surface area contributed by atoms with Crippen molar-refractivity contribution in [1.29, 1.82) is 0 Å². The summed E-state index contributed by atoms with van der Waals surface area (Å²) < 4.78 is 17.6. The molecule has 4 heterocycles. The number of aliphatic hydroxyl groups is 1. The molecule has 0 fully saturated rings. The molecule has 14 nitrogen and oxygen atoms in total. The molecule has 14 heteroatoms. The molecule has 0 unspecified atom stereocenters. The first-order chi connectivity index (χ1) is 19.9. The molecule has 2 amide bonds. The van der Waals surface area contributed by atoms with Crippen LogP contribution in [0.15, 0.2) is 52.0 Å². The van der Waals surface area contributed by atoms with Gasteiger partial charge in [0.2, 0.25) is 5.76 Å². The number of fused-ring (bicyclic) bond motifs is 1. The van der Waals surface area contributed by atoms with Crippen molar-refractivity contribution >= 4 is 40.2 Å². The Morgan fingerprint density at radius 1 is 1.14 bits per heavy atom. The van der Waals surface area contributed by atoms with Gasteiger partial charge in [0.25, 0.3) is 11.5 Å². The Morgan fingerprint density at radius 2 is 1.86 bits per heavy atom. The number of methoxy groups -OCH3 is 1. The Kier molecular flexibility index (Phi) is 9.86. The maximum atomic E-state index is 13.4. The van der Waals surface area contributed by atoms with Gasteiger partial charge < -0.3 is 29.7 Å². The number of aliphatic hydroxyl groups excluding tert-OH is 1. The molecule has 0 aromatic carbocycles. The molecule has 4 aromatic heterocycles. The molecule has 0 spiro atoms. The van der Waals surface area contributed by atoms with E-state index < -0.39 is 23.2 Å². The number of aromatic nitrogens is 4. The molecule has 0 bridgehead atoms. The highest BCUT2D eigenvalue weighted by Gasteiger charge is 2.27. The summed E-state index contributed by atoms with van der Waals surface area (Å²) in [5, 5.41) is 16.8. The number of anilines is 3. The predicted molar refractivity (Wildman–Crippen MR) is 157 cm³/mol. The standard InChI is InChI=1S/C27H31N7O6.CH4O/c1-15(2)29-24(35)22-21-20(32-40-22)17(33(6)26(37)39-27(3,4)5)14-19(31-21)30-16-10-9-13-34(25(16)36)23-18(38-7)11-8-12-28-23;1-2/h8-15H,1-7H3,(H,29,35)(H,30,31);2H,1H3.